The maximum Gasteiger partial charge on any atom is 0.352 e. The maximum atomic E-state index is 12.9. The molecule has 122 valence electrons. The largest absolute Gasteiger partial charge is 0.479 e. The smallest absolute Gasteiger partial charge is 0.352 e. The predicted octanol–water partition coefficient (Wildman–Crippen LogP) is 4.71. The molecule has 0 saturated heterocycles. The summed E-state index contributed by atoms with van der Waals surface area (Å²) in [6.45, 7) is 5.78. The minimum atomic E-state index is -0.787. The van der Waals surface area contributed by atoms with E-state index in [0.29, 0.717) is 17.4 Å². The topological polar surface area (TPSA) is 35.5 Å². The number of rotatable bonds is 6. The molecule has 0 radical (unpaired) electrons. The van der Waals surface area contributed by atoms with Gasteiger partial charge in [0.05, 0.1) is 0 Å². The highest BCUT2D eigenvalue weighted by Gasteiger charge is 2.20. The van der Waals surface area contributed by atoms with Crippen molar-refractivity contribution in [1.82, 2.24) is 0 Å². The van der Waals surface area contributed by atoms with E-state index in [1.165, 1.54) is 24.3 Å². The van der Waals surface area contributed by atoms with Crippen molar-refractivity contribution in [1.29, 1.82) is 0 Å². The molecule has 0 fully saturated rings. The van der Waals surface area contributed by atoms with Crippen LogP contribution in [0.4, 0.5) is 4.39 Å². The monoisotopic (exact) mass is 316 g/mol. The molecule has 0 bridgehead atoms. The molecule has 0 amide bonds. The van der Waals surface area contributed by atoms with Crippen LogP contribution in [0.5, 0.6) is 11.5 Å². The van der Waals surface area contributed by atoms with Gasteiger partial charge in [-0.25, -0.2) is 9.18 Å². The normalized spacial score (nSPS) is 13.2. The molecule has 2 aromatic rings. The Morgan fingerprint density at radius 1 is 1.09 bits per heavy atom. The lowest BCUT2D eigenvalue weighted by molar-refractivity contribution is -0.141. The highest BCUT2D eigenvalue weighted by Crippen LogP contribution is 2.28. The molecule has 0 aliphatic carbocycles. The third-order valence-electron chi connectivity index (χ3n) is 3.73. The number of esters is 1. The Hall–Kier alpha value is -2.36. The average Bonchev–Trinajstić information content (AvgIpc) is 2.56. The SMILES string of the molecule is CCC(C)c1ccccc1OC(=O)[C@@H](C)Oc1ccc(F)cc1. The van der Waals surface area contributed by atoms with Gasteiger partial charge in [-0.3, -0.25) is 0 Å². The number of halogens is 1. The Bertz CT molecular complexity index is 652. The Morgan fingerprint density at radius 2 is 1.74 bits per heavy atom. The Kier molecular flexibility index (Phi) is 5.74. The van der Waals surface area contributed by atoms with Crippen molar-refractivity contribution in [2.24, 2.45) is 0 Å². The van der Waals surface area contributed by atoms with Gasteiger partial charge in [0.1, 0.15) is 17.3 Å². The van der Waals surface area contributed by atoms with Crippen molar-refractivity contribution in [3.8, 4) is 11.5 Å². The number of benzene rings is 2. The molecule has 0 aromatic heterocycles. The first-order valence-corrected chi connectivity index (χ1v) is 7.74. The van der Waals surface area contributed by atoms with E-state index in [1.54, 1.807) is 13.0 Å². The van der Waals surface area contributed by atoms with Gasteiger partial charge in [0.15, 0.2) is 6.10 Å². The summed E-state index contributed by atoms with van der Waals surface area (Å²) in [4.78, 5) is 12.2. The van der Waals surface area contributed by atoms with Crippen molar-refractivity contribution in [2.75, 3.05) is 0 Å². The summed E-state index contributed by atoms with van der Waals surface area (Å²) in [7, 11) is 0. The zero-order valence-electron chi connectivity index (χ0n) is 13.6. The van der Waals surface area contributed by atoms with Crippen LogP contribution < -0.4 is 9.47 Å². The molecule has 1 unspecified atom stereocenters. The Balaban J connectivity index is 2.05. The summed E-state index contributed by atoms with van der Waals surface area (Å²) in [6, 6.07) is 13.0. The molecule has 4 heteroatoms. The molecular weight excluding hydrogens is 295 g/mol. The van der Waals surface area contributed by atoms with E-state index in [9.17, 15) is 9.18 Å². The van der Waals surface area contributed by atoms with Crippen LogP contribution in [-0.4, -0.2) is 12.1 Å². The number of carbonyl (C=O) groups excluding carboxylic acids is 1. The van der Waals surface area contributed by atoms with Gasteiger partial charge in [-0.15, -0.1) is 0 Å². The quantitative estimate of drug-likeness (QED) is 0.572. The molecule has 2 aromatic carbocycles. The minimum absolute atomic E-state index is 0.298. The molecule has 0 heterocycles. The van der Waals surface area contributed by atoms with Crippen LogP contribution in [0, 0.1) is 5.82 Å². The second-order valence-corrected chi connectivity index (χ2v) is 5.48. The Morgan fingerprint density at radius 3 is 2.39 bits per heavy atom. The van der Waals surface area contributed by atoms with E-state index in [2.05, 4.69) is 13.8 Å². The molecule has 0 spiro atoms. The molecule has 3 nitrogen and oxygen atoms in total. The zero-order valence-corrected chi connectivity index (χ0v) is 13.6. The second-order valence-electron chi connectivity index (χ2n) is 5.48. The van der Waals surface area contributed by atoms with Crippen LogP contribution in [0.25, 0.3) is 0 Å². The standard InChI is InChI=1S/C19H21FO3/c1-4-13(2)17-7-5-6-8-18(17)23-19(21)14(3)22-16-11-9-15(20)10-12-16/h5-14H,4H2,1-3H3/t13?,14-/m1/s1. The zero-order chi connectivity index (χ0) is 16.8. The van der Waals surface area contributed by atoms with Gasteiger partial charge in [0, 0.05) is 0 Å². The minimum Gasteiger partial charge on any atom is -0.479 e. The van der Waals surface area contributed by atoms with Gasteiger partial charge in [0.2, 0.25) is 0 Å². The van der Waals surface area contributed by atoms with Gasteiger partial charge >= 0.3 is 5.97 Å². The first-order valence-electron chi connectivity index (χ1n) is 7.74. The predicted molar refractivity (Wildman–Crippen MR) is 87.3 cm³/mol. The number of hydrogen-bond acceptors (Lipinski definition) is 3. The summed E-state index contributed by atoms with van der Waals surface area (Å²) >= 11 is 0. The summed E-state index contributed by atoms with van der Waals surface area (Å²) in [5.41, 5.74) is 0.998. The number of hydrogen-bond donors (Lipinski definition) is 0. The van der Waals surface area contributed by atoms with Crippen LogP contribution in [0.15, 0.2) is 48.5 Å². The number of carbonyl (C=O) groups is 1. The van der Waals surface area contributed by atoms with Gasteiger partial charge < -0.3 is 9.47 Å². The molecule has 23 heavy (non-hydrogen) atoms. The van der Waals surface area contributed by atoms with Gasteiger partial charge in [-0.2, -0.15) is 0 Å². The summed E-state index contributed by atoms with van der Waals surface area (Å²) in [5, 5.41) is 0. The molecule has 2 rings (SSSR count). The lowest BCUT2D eigenvalue weighted by Gasteiger charge is -2.17. The van der Waals surface area contributed by atoms with Crippen LogP contribution in [0.3, 0.4) is 0 Å². The Labute approximate surface area is 136 Å². The van der Waals surface area contributed by atoms with E-state index < -0.39 is 12.1 Å². The summed E-state index contributed by atoms with van der Waals surface area (Å²) in [6.07, 6.45) is 0.168. The highest BCUT2D eigenvalue weighted by atomic mass is 19.1. The van der Waals surface area contributed by atoms with Crippen LogP contribution in [0.1, 0.15) is 38.7 Å². The van der Waals surface area contributed by atoms with Crippen LogP contribution in [0.2, 0.25) is 0 Å². The number of ether oxygens (including phenoxy) is 2. The van der Waals surface area contributed by atoms with E-state index in [1.807, 2.05) is 18.2 Å². The van der Waals surface area contributed by atoms with Crippen molar-refractivity contribution in [3.05, 3.63) is 59.9 Å². The third kappa shape index (κ3) is 4.55. The first kappa shape index (κ1) is 17.0. The molecule has 0 saturated carbocycles. The van der Waals surface area contributed by atoms with Gasteiger partial charge in [-0.05, 0) is 55.2 Å². The summed E-state index contributed by atoms with van der Waals surface area (Å²) in [5.74, 6) is 0.444. The lowest BCUT2D eigenvalue weighted by Crippen LogP contribution is -2.28. The molecule has 2 atom stereocenters. The maximum absolute atomic E-state index is 12.9. The molecule has 0 N–H and O–H groups in total. The fraction of sp³-hybridized carbons (Fsp3) is 0.316. The van der Waals surface area contributed by atoms with Gasteiger partial charge in [-0.1, -0.05) is 32.0 Å². The molecule has 0 aliphatic heterocycles. The second kappa shape index (κ2) is 7.77. The summed E-state index contributed by atoms with van der Waals surface area (Å²) < 4.78 is 23.9. The molecule has 0 aliphatic rings. The van der Waals surface area contributed by atoms with Crippen molar-refractivity contribution >= 4 is 5.97 Å². The lowest BCUT2D eigenvalue weighted by atomic mass is 9.98. The van der Waals surface area contributed by atoms with Crippen LogP contribution >= 0.6 is 0 Å². The van der Waals surface area contributed by atoms with Crippen molar-refractivity contribution < 1.29 is 18.7 Å². The van der Waals surface area contributed by atoms with Crippen LogP contribution in [-0.2, 0) is 4.79 Å². The fourth-order valence-electron chi connectivity index (χ4n) is 2.16. The first-order chi connectivity index (χ1) is 11.0. The third-order valence-corrected chi connectivity index (χ3v) is 3.73. The number of para-hydroxylation sites is 1. The van der Waals surface area contributed by atoms with E-state index in [-0.39, 0.29) is 5.82 Å². The van der Waals surface area contributed by atoms with E-state index in [4.69, 9.17) is 9.47 Å². The van der Waals surface area contributed by atoms with Gasteiger partial charge in [0.25, 0.3) is 0 Å². The fourth-order valence-corrected chi connectivity index (χ4v) is 2.16. The molecular formula is C19H21FO3. The highest BCUT2D eigenvalue weighted by molar-refractivity contribution is 5.77. The van der Waals surface area contributed by atoms with E-state index >= 15 is 0 Å². The van der Waals surface area contributed by atoms with Crippen molar-refractivity contribution in [2.45, 2.75) is 39.2 Å². The van der Waals surface area contributed by atoms with E-state index in [0.717, 1.165) is 12.0 Å². The average molecular weight is 316 g/mol. The van der Waals surface area contributed by atoms with Crippen molar-refractivity contribution in [3.63, 3.8) is 0 Å².